The van der Waals surface area contributed by atoms with Gasteiger partial charge in [0.15, 0.2) is 5.82 Å². The van der Waals surface area contributed by atoms with E-state index >= 15 is 0 Å². The molecule has 0 bridgehead atoms. The van der Waals surface area contributed by atoms with Crippen LogP contribution in [0.25, 0.3) is 100 Å². The van der Waals surface area contributed by atoms with Gasteiger partial charge in [-0.3, -0.25) is 4.98 Å². The van der Waals surface area contributed by atoms with Gasteiger partial charge in [-0.25, -0.2) is 9.97 Å². The van der Waals surface area contributed by atoms with Gasteiger partial charge in [0.2, 0.25) is 0 Å². The van der Waals surface area contributed by atoms with E-state index < -0.39 is 0 Å². The fourth-order valence-corrected chi connectivity index (χ4v) is 7.18. The molecular formula is C45H27N3O2. The van der Waals surface area contributed by atoms with Gasteiger partial charge in [0.05, 0.1) is 11.4 Å². The molecule has 0 fully saturated rings. The Bertz CT molecular complexity index is 2870. The quantitative estimate of drug-likeness (QED) is 0.187. The van der Waals surface area contributed by atoms with Gasteiger partial charge in [-0.1, -0.05) is 109 Å². The number of pyridine rings is 1. The van der Waals surface area contributed by atoms with Crippen molar-refractivity contribution >= 4 is 43.9 Å². The first-order valence-electron chi connectivity index (χ1n) is 16.6. The maximum atomic E-state index is 6.77. The van der Waals surface area contributed by atoms with E-state index in [9.17, 15) is 0 Å². The standard InChI is InChI=1S/C45H27N3O2/c1-2-11-29(12-3-1)45-47-37(31-14-5-4-13-30(31)28-23-25-46-26-24-28)27-38(48-45)34-22-21-33(43-36-16-7-9-19-40(36)50-44(34)43)32-17-10-20-41-42(32)35-15-6-8-18-39(35)49-41/h1-27H. The van der Waals surface area contributed by atoms with Crippen molar-refractivity contribution < 1.29 is 8.83 Å². The van der Waals surface area contributed by atoms with Crippen LogP contribution in [0, 0.1) is 0 Å². The molecule has 0 saturated heterocycles. The molecule has 0 unspecified atom stereocenters. The van der Waals surface area contributed by atoms with Crippen LogP contribution >= 0.6 is 0 Å². The summed E-state index contributed by atoms with van der Waals surface area (Å²) in [4.78, 5) is 14.6. The minimum Gasteiger partial charge on any atom is -0.456 e. The summed E-state index contributed by atoms with van der Waals surface area (Å²) in [5, 5.41) is 4.26. The lowest BCUT2D eigenvalue weighted by molar-refractivity contribution is 0.668. The summed E-state index contributed by atoms with van der Waals surface area (Å²) in [7, 11) is 0. The first-order valence-corrected chi connectivity index (χ1v) is 16.6. The predicted molar refractivity (Wildman–Crippen MR) is 202 cm³/mol. The van der Waals surface area contributed by atoms with Crippen molar-refractivity contribution in [2.75, 3.05) is 0 Å². The fraction of sp³-hybridized carbons (Fsp3) is 0. The average molecular weight is 642 g/mol. The average Bonchev–Trinajstić information content (AvgIpc) is 3.77. The normalized spacial score (nSPS) is 11.6. The number of aromatic nitrogens is 3. The first kappa shape index (κ1) is 28.2. The predicted octanol–water partition coefficient (Wildman–Crippen LogP) is 12.0. The Kier molecular flexibility index (Phi) is 6.42. The third-order valence-electron chi connectivity index (χ3n) is 9.45. The number of fused-ring (bicyclic) bond motifs is 6. The minimum atomic E-state index is 0.644. The topological polar surface area (TPSA) is 65.0 Å². The molecule has 5 heteroatoms. The summed E-state index contributed by atoms with van der Waals surface area (Å²) in [6.45, 7) is 0. The number of nitrogens with zero attached hydrogens (tertiary/aromatic N) is 3. The number of hydrogen-bond donors (Lipinski definition) is 0. The molecule has 234 valence electrons. The van der Waals surface area contributed by atoms with Crippen LogP contribution in [-0.2, 0) is 0 Å². The lowest BCUT2D eigenvalue weighted by Gasteiger charge is -2.14. The van der Waals surface area contributed by atoms with Crippen LogP contribution in [0.15, 0.2) is 173 Å². The van der Waals surface area contributed by atoms with Crippen LogP contribution in [0.1, 0.15) is 0 Å². The number of para-hydroxylation sites is 2. The molecule has 0 radical (unpaired) electrons. The molecule has 5 nitrogen and oxygen atoms in total. The van der Waals surface area contributed by atoms with Crippen molar-refractivity contribution in [3.8, 4) is 56.2 Å². The third-order valence-corrected chi connectivity index (χ3v) is 9.45. The van der Waals surface area contributed by atoms with Gasteiger partial charge in [-0.15, -0.1) is 0 Å². The van der Waals surface area contributed by atoms with Crippen molar-refractivity contribution in [1.29, 1.82) is 0 Å². The fourth-order valence-electron chi connectivity index (χ4n) is 7.18. The Morgan fingerprint density at radius 3 is 1.76 bits per heavy atom. The smallest absolute Gasteiger partial charge is 0.160 e. The zero-order valence-corrected chi connectivity index (χ0v) is 26.7. The second kappa shape index (κ2) is 11.4. The molecule has 10 rings (SSSR count). The van der Waals surface area contributed by atoms with Crippen molar-refractivity contribution in [1.82, 2.24) is 15.0 Å². The van der Waals surface area contributed by atoms with Crippen LogP contribution in [0.4, 0.5) is 0 Å². The van der Waals surface area contributed by atoms with Crippen LogP contribution < -0.4 is 0 Å². The Morgan fingerprint density at radius 1 is 0.380 bits per heavy atom. The lowest BCUT2D eigenvalue weighted by atomic mass is 9.93. The monoisotopic (exact) mass is 641 g/mol. The van der Waals surface area contributed by atoms with Crippen molar-refractivity contribution in [3.63, 3.8) is 0 Å². The summed E-state index contributed by atoms with van der Waals surface area (Å²) in [5.74, 6) is 0.644. The highest BCUT2D eigenvalue weighted by Crippen LogP contribution is 2.45. The molecule has 0 aliphatic heterocycles. The van der Waals surface area contributed by atoms with E-state index in [0.717, 1.165) is 94.2 Å². The molecule has 0 aliphatic rings. The molecule has 6 aromatic carbocycles. The van der Waals surface area contributed by atoms with E-state index in [1.807, 2.05) is 85.2 Å². The minimum absolute atomic E-state index is 0.644. The molecule has 4 aromatic heterocycles. The van der Waals surface area contributed by atoms with Gasteiger partial charge in [-0.2, -0.15) is 0 Å². The van der Waals surface area contributed by atoms with Crippen LogP contribution in [0.5, 0.6) is 0 Å². The van der Waals surface area contributed by atoms with E-state index in [-0.39, 0.29) is 0 Å². The number of furan rings is 2. The van der Waals surface area contributed by atoms with Crippen molar-refractivity contribution in [2.24, 2.45) is 0 Å². The summed E-state index contributed by atoms with van der Waals surface area (Å²) in [6, 6.07) is 51.7. The zero-order valence-electron chi connectivity index (χ0n) is 26.7. The largest absolute Gasteiger partial charge is 0.456 e. The summed E-state index contributed by atoms with van der Waals surface area (Å²) in [5.41, 5.74) is 12.1. The summed E-state index contributed by atoms with van der Waals surface area (Å²) < 4.78 is 13.1. The van der Waals surface area contributed by atoms with Gasteiger partial charge >= 0.3 is 0 Å². The van der Waals surface area contributed by atoms with Crippen LogP contribution in [0.2, 0.25) is 0 Å². The Morgan fingerprint density at radius 2 is 0.960 bits per heavy atom. The highest BCUT2D eigenvalue weighted by atomic mass is 16.3. The Hall–Kier alpha value is -6.85. The van der Waals surface area contributed by atoms with Gasteiger partial charge in [-0.05, 0) is 64.7 Å². The van der Waals surface area contributed by atoms with Crippen molar-refractivity contribution in [3.05, 3.63) is 164 Å². The second-order valence-electron chi connectivity index (χ2n) is 12.3. The second-order valence-corrected chi connectivity index (χ2v) is 12.3. The maximum Gasteiger partial charge on any atom is 0.160 e. The van der Waals surface area contributed by atoms with E-state index in [2.05, 4.69) is 83.8 Å². The highest BCUT2D eigenvalue weighted by molar-refractivity contribution is 6.21. The lowest BCUT2D eigenvalue weighted by Crippen LogP contribution is -1.97. The number of hydrogen-bond acceptors (Lipinski definition) is 5. The molecule has 0 amide bonds. The molecule has 0 saturated carbocycles. The number of rotatable bonds is 5. The highest BCUT2D eigenvalue weighted by Gasteiger charge is 2.22. The van der Waals surface area contributed by atoms with Crippen LogP contribution in [0.3, 0.4) is 0 Å². The molecule has 0 N–H and O–H groups in total. The SMILES string of the molecule is c1ccc(-c2nc(-c3ccccc3-c3ccncc3)cc(-c3ccc(-c4cccc5oc6ccccc6c45)c4c3oc3ccccc34)n2)cc1. The van der Waals surface area contributed by atoms with E-state index in [0.29, 0.717) is 5.82 Å². The molecule has 0 aliphatic carbocycles. The van der Waals surface area contributed by atoms with E-state index in [1.165, 1.54) is 0 Å². The molecule has 0 atom stereocenters. The molecule has 10 aromatic rings. The maximum absolute atomic E-state index is 6.77. The zero-order chi connectivity index (χ0) is 33.0. The number of benzene rings is 6. The molecule has 0 spiro atoms. The van der Waals surface area contributed by atoms with Gasteiger partial charge in [0.25, 0.3) is 0 Å². The first-order chi connectivity index (χ1) is 24.8. The van der Waals surface area contributed by atoms with Crippen LogP contribution in [-0.4, -0.2) is 15.0 Å². The Balaban J connectivity index is 1.26. The summed E-state index contributed by atoms with van der Waals surface area (Å²) >= 11 is 0. The molecule has 50 heavy (non-hydrogen) atoms. The molecule has 4 heterocycles. The van der Waals surface area contributed by atoms with Gasteiger partial charge in [0.1, 0.15) is 22.3 Å². The van der Waals surface area contributed by atoms with E-state index in [1.54, 1.807) is 0 Å². The third kappa shape index (κ3) is 4.52. The Labute approximate surface area is 287 Å². The molecular weight excluding hydrogens is 615 g/mol. The van der Waals surface area contributed by atoms with Crippen molar-refractivity contribution in [2.45, 2.75) is 0 Å². The van der Waals surface area contributed by atoms with Gasteiger partial charge < -0.3 is 8.83 Å². The summed E-state index contributed by atoms with van der Waals surface area (Å²) in [6.07, 6.45) is 3.64. The van der Waals surface area contributed by atoms with Gasteiger partial charge in [0, 0.05) is 50.6 Å². The van der Waals surface area contributed by atoms with E-state index in [4.69, 9.17) is 18.8 Å².